The van der Waals surface area contributed by atoms with Crippen LogP contribution in [0.2, 0.25) is 0 Å². The number of carbonyl (C=O) groups is 1. The highest BCUT2D eigenvalue weighted by Gasteiger charge is 2.17. The van der Waals surface area contributed by atoms with Crippen molar-refractivity contribution in [2.45, 2.75) is 13.3 Å². The van der Waals surface area contributed by atoms with Crippen LogP contribution >= 0.6 is 22.7 Å². The Morgan fingerprint density at radius 3 is 2.95 bits per heavy atom. The van der Waals surface area contributed by atoms with Crippen LogP contribution in [0.4, 0.5) is 0 Å². The zero-order chi connectivity index (χ0) is 13.8. The number of hydrogen-bond acceptors (Lipinski definition) is 8. The lowest BCUT2D eigenvalue weighted by Crippen LogP contribution is -2.16. The molecule has 0 radical (unpaired) electrons. The predicted octanol–water partition coefficient (Wildman–Crippen LogP) is 2.30. The minimum Gasteiger partial charge on any atom is -0.285 e. The summed E-state index contributed by atoms with van der Waals surface area (Å²) in [6, 6.07) is 3.59. The Kier molecular flexibility index (Phi) is 4.75. The first-order valence-corrected chi connectivity index (χ1v) is 7.13. The van der Waals surface area contributed by atoms with Crippen molar-refractivity contribution in [3.05, 3.63) is 38.0 Å². The summed E-state index contributed by atoms with van der Waals surface area (Å²) in [5, 5.41) is 18.8. The second-order valence-electron chi connectivity index (χ2n) is 3.67. The minimum atomic E-state index is -0.325. The number of thiazole rings is 1. The fourth-order valence-electron chi connectivity index (χ4n) is 1.49. The van der Waals surface area contributed by atoms with E-state index in [1.807, 2.05) is 18.4 Å². The first-order valence-electron chi connectivity index (χ1n) is 5.43. The van der Waals surface area contributed by atoms with Crippen LogP contribution in [0.25, 0.3) is 0 Å². The van der Waals surface area contributed by atoms with Crippen molar-refractivity contribution in [2.75, 3.05) is 6.61 Å². The Labute approximate surface area is 117 Å². The van der Waals surface area contributed by atoms with Gasteiger partial charge in [-0.15, -0.1) is 22.7 Å². The van der Waals surface area contributed by atoms with Crippen LogP contribution in [0, 0.1) is 6.92 Å². The standard InChI is InChI=1S/C11H12N2O4S2/c1-7-8(4-5-17-13(15)16)19-11(12-7)10(14)9-3-2-6-18-9/h2-3,6,15-16H,4-5H2,1H3. The third kappa shape index (κ3) is 3.66. The molecule has 8 heteroatoms. The molecule has 2 aromatic heterocycles. The highest BCUT2D eigenvalue weighted by atomic mass is 32.1. The van der Waals surface area contributed by atoms with E-state index in [1.54, 1.807) is 6.07 Å². The van der Waals surface area contributed by atoms with Crippen molar-refractivity contribution in [3.8, 4) is 0 Å². The molecular weight excluding hydrogens is 288 g/mol. The van der Waals surface area contributed by atoms with Gasteiger partial charge in [-0.1, -0.05) is 6.07 Å². The summed E-state index contributed by atoms with van der Waals surface area (Å²) < 4.78 is 0. The Morgan fingerprint density at radius 1 is 1.53 bits per heavy atom. The number of ketones is 1. The smallest absolute Gasteiger partial charge is 0.231 e. The zero-order valence-electron chi connectivity index (χ0n) is 10.1. The van der Waals surface area contributed by atoms with Gasteiger partial charge < -0.3 is 0 Å². The summed E-state index contributed by atoms with van der Waals surface area (Å²) in [7, 11) is 0. The number of nitrogens with zero attached hydrogens (tertiary/aromatic N) is 2. The van der Waals surface area contributed by atoms with Crippen LogP contribution in [-0.4, -0.2) is 33.2 Å². The normalized spacial score (nSPS) is 11.2. The number of thiophene rings is 1. The fraction of sp³-hybridized carbons (Fsp3) is 0.273. The van der Waals surface area contributed by atoms with Gasteiger partial charge in [0, 0.05) is 11.3 Å². The van der Waals surface area contributed by atoms with Gasteiger partial charge in [0.25, 0.3) is 0 Å². The minimum absolute atomic E-state index is 0.0822. The average molecular weight is 300 g/mol. The second kappa shape index (κ2) is 6.33. The molecule has 102 valence electrons. The van der Waals surface area contributed by atoms with Gasteiger partial charge in [0.2, 0.25) is 5.78 Å². The first kappa shape index (κ1) is 14.3. The summed E-state index contributed by atoms with van der Waals surface area (Å²) in [6.45, 7) is 1.91. The molecule has 6 nitrogen and oxygen atoms in total. The Morgan fingerprint density at radius 2 is 2.32 bits per heavy atom. The highest BCUT2D eigenvalue weighted by molar-refractivity contribution is 7.16. The van der Waals surface area contributed by atoms with Gasteiger partial charge in [-0.25, -0.2) is 4.98 Å². The van der Waals surface area contributed by atoms with Crippen LogP contribution in [-0.2, 0) is 11.3 Å². The lowest BCUT2D eigenvalue weighted by Gasteiger charge is -2.04. The molecule has 0 aliphatic heterocycles. The van der Waals surface area contributed by atoms with Gasteiger partial charge in [-0.3, -0.25) is 20.0 Å². The van der Waals surface area contributed by atoms with E-state index < -0.39 is 0 Å². The van der Waals surface area contributed by atoms with Gasteiger partial charge in [0.1, 0.15) is 0 Å². The SMILES string of the molecule is Cc1nc(C(=O)c2cccs2)sc1CCON(O)O. The Balaban J connectivity index is 2.06. The third-order valence-corrected chi connectivity index (χ3v) is 4.45. The summed E-state index contributed by atoms with van der Waals surface area (Å²) in [6.07, 6.45) is 0.457. The molecule has 0 bridgehead atoms. The van der Waals surface area contributed by atoms with E-state index in [4.69, 9.17) is 10.4 Å². The van der Waals surface area contributed by atoms with E-state index in [9.17, 15) is 4.79 Å². The molecule has 0 aliphatic carbocycles. The predicted molar refractivity (Wildman–Crippen MR) is 69.7 cm³/mol. The van der Waals surface area contributed by atoms with E-state index in [1.165, 1.54) is 22.7 Å². The summed E-state index contributed by atoms with van der Waals surface area (Å²) in [4.78, 5) is 22.4. The topological polar surface area (TPSA) is 82.9 Å². The molecule has 19 heavy (non-hydrogen) atoms. The van der Waals surface area contributed by atoms with Crippen LogP contribution in [0.3, 0.4) is 0 Å². The van der Waals surface area contributed by atoms with Gasteiger partial charge in [-0.2, -0.15) is 0 Å². The van der Waals surface area contributed by atoms with E-state index >= 15 is 0 Å². The van der Waals surface area contributed by atoms with Crippen LogP contribution in [0.15, 0.2) is 17.5 Å². The molecule has 2 heterocycles. The van der Waals surface area contributed by atoms with Gasteiger partial charge >= 0.3 is 0 Å². The molecule has 2 aromatic rings. The van der Waals surface area contributed by atoms with Crippen molar-refractivity contribution in [2.24, 2.45) is 0 Å². The van der Waals surface area contributed by atoms with Crippen LogP contribution in [0.1, 0.15) is 25.3 Å². The number of aryl methyl sites for hydroxylation is 1. The highest BCUT2D eigenvalue weighted by Crippen LogP contribution is 2.23. The van der Waals surface area contributed by atoms with Crippen molar-refractivity contribution in [3.63, 3.8) is 0 Å². The maximum atomic E-state index is 12.1. The molecule has 0 amide bonds. The maximum Gasteiger partial charge on any atom is 0.231 e. The van der Waals surface area contributed by atoms with E-state index in [0.29, 0.717) is 16.3 Å². The zero-order valence-corrected chi connectivity index (χ0v) is 11.7. The third-order valence-electron chi connectivity index (χ3n) is 2.37. The number of carbonyl (C=O) groups excluding carboxylic acids is 1. The lowest BCUT2D eigenvalue weighted by molar-refractivity contribution is -0.492. The van der Waals surface area contributed by atoms with Crippen LogP contribution < -0.4 is 0 Å². The molecule has 0 aromatic carbocycles. The molecule has 2 N–H and O–H groups in total. The van der Waals surface area contributed by atoms with Crippen molar-refractivity contribution in [1.82, 2.24) is 10.4 Å². The average Bonchev–Trinajstić information content (AvgIpc) is 2.98. The van der Waals surface area contributed by atoms with Gasteiger partial charge in [0.05, 0.1) is 22.6 Å². The maximum absolute atomic E-state index is 12.1. The van der Waals surface area contributed by atoms with Crippen LogP contribution in [0.5, 0.6) is 0 Å². The first-order chi connectivity index (χ1) is 9.08. The monoisotopic (exact) mass is 300 g/mol. The van der Waals surface area contributed by atoms with Crippen molar-refractivity contribution >= 4 is 28.5 Å². The fourth-order valence-corrected chi connectivity index (χ4v) is 3.22. The molecule has 0 saturated heterocycles. The van der Waals surface area contributed by atoms with Gasteiger partial charge in [-0.05, 0) is 18.4 Å². The molecule has 0 fully saturated rings. The summed E-state index contributed by atoms with van der Waals surface area (Å²) >= 11 is 2.68. The summed E-state index contributed by atoms with van der Waals surface area (Å²) in [5.41, 5.74) is 0.760. The number of aromatic nitrogens is 1. The molecule has 0 saturated carbocycles. The van der Waals surface area contributed by atoms with Crippen molar-refractivity contribution in [1.29, 1.82) is 0 Å². The van der Waals surface area contributed by atoms with E-state index in [-0.39, 0.29) is 17.8 Å². The second-order valence-corrected chi connectivity index (χ2v) is 5.70. The Bertz CT molecular complexity index is 551. The molecule has 0 unspecified atom stereocenters. The molecule has 0 spiro atoms. The number of rotatable bonds is 6. The van der Waals surface area contributed by atoms with Gasteiger partial charge in [0.15, 0.2) is 5.01 Å². The number of hydrogen-bond donors (Lipinski definition) is 2. The van der Waals surface area contributed by atoms with Crippen molar-refractivity contribution < 1.29 is 20.0 Å². The Hall–Kier alpha value is -1.16. The quantitative estimate of drug-likeness (QED) is 0.629. The lowest BCUT2D eigenvalue weighted by atomic mass is 10.3. The molecular formula is C11H12N2O4S2. The van der Waals surface area contributed by atoms with E-state index in [0.717, 1.165) is 10.6 Å². The summed E-state index contributed by atoms with van der Waals surface area (Å²) in [5.74, 6) is -0.0822. The molecule has 0 aliphatic rings. The molecule has 0 atom stereocenters. The molecule has 2 rings (SSSR count). The van der Waals surface area contributed by atoms with E-state index in [2.05, 4.69) is 9.82 Å². The largest absolute Gasteiger partial charge is 0.285 e.